The number of carboxylic acids is 1. The molecular weight excluding hydrogens is 282 g/mol. The third-order valence-corrected chi connectivity index (χ3v) is 3.79. The summed E-state index contributed by atoms with van der Waals surface area (Å²) in [5, 5.41) is 20.7. The molecular formula is C12H13N3O4S. The molecule has 0 radical (unpaired) electrons. The molecule has 8 heteroatoms. The number of benzene rings is 1. The number of carboxylic acid groups (broad SMARTS) is 1. The lowest BCUT2D eigenvalue weighted by atomic mass is 10.2. The van der Waals surface area contributed by atoms with Crippen LogP contribution in [-0.4, -0.2) is 34.6 Å². The van der Waals surface area contributed by atoms with Gasteiger partial charge in [-0.25, -0.2) is 4.98 Å². The maximum atomic E-state index is 11.2. The third kappa shape index (κ3) is 2.85. The van der Waals surface area contributed by atoms with Crippen LogP contribution >= 0.6 is 11.3 Å². The van der Waals surface area contributed by atoms with Gasteiger partial charge in [-0.1, -0.05) is 0 Å². The maximum absolute atomic E-state index is 11.2. The monoisotopic (exact) mass is 295 g/mol. The van der Waals surface area contributed by atoms with Gasteiger partial charge in [0.2, 0.25) is 0 Å². The van der Waals surface area contributed by atoms with Crippen molar-refractivity contribution in [3.63, 3.8) is 0 Å². The van der Waals surface area contributed by atoms with E-state index in [-0.39, 0.29) is 18.7 Å². The number of carbonyl (C=O) groups is 1. The van der Waals surface area contributed by atoms with Crippen molar-refractivity contribution in [3.8, 4) is 0 Å². The molecule has 1 aromatic carbocycles. The SMILES string of the molecule is Cc1nc2cc(N(C)CCC(=O)O)c([N+](=O)[O-])cc2s1. The van der Waals surface area contributed by atoms with Crippen molar-refractivity contribution in [2.24, 2.45) is 0 Å². The van der Waals surface area contributed by atoms with Crippen LogP contribution in [0.25, 0.3) is 10.2 Å². The first-order chi connectivity index (χ1) is 9.38. The van der Waals surface area contributed by atoms with Crippen LogP contribution in [0, 0.1) is 17.0 Å². The highest BCUT2D eigenvalue weighted by atomic mass is 32.1. The van der Waals surface area contributed by atoms with Crippen LogP contribution < -0.4 is 4.90 Å². The van der Waals surface area contributed by atoms with Gasteiger partial charge in [-0.15, -0.1) is 11.3 Å². The molecule has 2 rings (SSSR count). The lowest BCUT2D eigenvalue weighted by Crippen LogP contribution is -2.21. The van der Waals surface area contributed by atoms with Crippen LogP contribution in [-0.2, 0) is 4.79 Å². The minimum absolute atomic E-state index is 0.0333. The number of nitrogens with zero attached hydrogens (tertiary/aromatic N) is 3. The van der Waals surface area contributed by atoms with Crippen LogP contribution in [0.1, 0.15) is 11.4 Å². The molecule has 1 heterocycles. The molecule has 1 N–H and O–H groups in total. The first kappa shape index (κ1) is 14.2. The molecule has 0 saturated carbocycles. The van der Waals surface area contributed by atoms with Crippen molar-refractivity contribution >= 4 is 38.9 Å². The molecule has 7 nitrogen and oxygen atoms in total. The highest BCUT2D eigenvalue weighted by Gasteiger charge is 2.20. The van der Waals surface area contributed by atoms with E-state index in [0.717, 1.165) is 9.71 Å². The Hall–Kier alpha value is -2.22. The van der Waals surface area contributed by atoms with Gasteiger partial charge in [-0.05, 0) is 13.0 Å². The molecule has 0 bridgehead atoms. The van der Waals surface area contributed by atoms with Gasteiger partial charge >= 0.3 is 5.97 Å². The van der Waals surface area contributed by atoms with Crippen LogP contribution in [0.3, 0.4) is 0 Å². The normalized spacial score (nSPS) is 10.7. The second-order valence-corrected chi connectivity index (χ2v) is 5.60. The smallest absolute Gasteiger partial charge is 0.305 e. The minimum atomic E-state index is -0.940. The molecule has 0 aliphatic rings. The van der Waals surface area contributed by atoms with Crippen molar-refractivity contribution in [2.75, 3.05) is 18.5 Å². The van der Waals surface area contributed by atoms with E-state index < -0.39 is 10.9 Å². The molecule has 0 aliphatic heterocycles. The molecule has 0 amide bonds. The number of fused-ring (bicyclic) bond motifs is 1. The molecule has 1 aromatic heterocycles. The molecule has 0 saturated heterocycles. The summed E-state index contributed by atoms with van der Waals surface area (Å²) in [6, 6.07) is 3.13. The maximum Gasteiger partial charge on any atom is 0.305 e. The average Bonchev–Trinajstić information content (AvgIpc) is 2.73. The first-order valence-electron chi connectivity index (χ1n) is 5.87. The number of nitro benzene ring substituents is 1. The number of nitro groups is 1. The molecule has 106 valence electrons. The zero-order valence-electron chi connectivity index (χ0n) is 11.0. The number of anilines is 1. The number of aromatic nitrogens is 1. The fourth-order valence-corrected chi connectivity index (χ4v) is 2.75. The second-order valence-electron chi connectivity index (χ2n) is 4.36. The predicted octanol–water partition coefficient (Wildman–Crippen LogP) is 2.42. The van der Waals surface area contributed by atoms with Gasteiger partial charge in [-0.3, -0.25) is 14.9 Å². The summed E-state index contributed by atoms with van der Waals surface area (Å²) in [5.74, 6) is -0.940. The number of hydrogen-bond acceptors (Lipinski definition) is 6. The molecule has 0 atom stereocenters. The fraction of sp³-hybridized carbons (Fsp3) is 0.333. The fourth-order valence-electron chi connectivity index (χ4n) is 1.90. The average molecular weight is 295 g/mol. The Morgan fingerprint density at radius 1 is 1.55 bits per heavy atom. The van der Waals surface area contributed by atoms with Gasteiger partial charge in [0.1, 0.15) is 5.69 Å². The van der Waals surface area contributed by atoms with Crippen LogP contribution in [0.2, 0.25) is 0 Å². The zero-order valence-corrected chi connectivity index (χ0v) is 11.8. The Kier molecular flexibility index (Phi) is 3.84. The topological polar surface area (TPSA) is 96.6 Å². The lowest BCUT2D eigenvalue weighted by molar-refractivity contribution is -0.384. The Morgan fingerprint density at radius 3 is 2.85 bits per heavy atom. The molecule has 0 fully saturated rings. The Bertz CT molecular complexity index is 683. The standard InChI is InChI=1S/C12H13N3O4S/c1-7-13-8-5-9(14(2)4-3-12(16)17)10(15(18)19)6-11(8)20-7/h5-6H,3-4H2,1-2H3,(H,16,17). The van der Waals surface area contributed by atoms with Gasteiger partial charge < -0.3 is 10.0 Å². The van der Waals surface area contributed by atoms with Crippen LogP contribution in [0.5, 0.6) is 0 Å². The Balaban J connectivity index is 2.45. The van der Waals surface area contributed by atoms with E-state index in [9.17, 15) is 14.9 Å². The van der Waals surface area contributed by atoms with E-state index in [1.807, 2.05) is 6.92 Å². The van der Waals surface area contributed by atoms with Crippen molar-refractivity contribution in [1.82, 2.24) is 4.98 Å². The van der Waals surface area contributed by atoms with Crippen molar-refractivity contribution < 1.29 is 14.8 Å². The number of aliphatic carboxylic acids is 1. The Morgan fingerprint density at radius 2 is 2.25 bits per heavy atom. The van der Waals surface area contributed by atoms with E-state index in [1.54, 1.807) is 18.0 Å². The quantitative estimate of drug-likeness (QED) is 0.672. The number of rotatable bonds is 5. The highest BCUT2D eigenvalue weighted by molar-refractivity contribution is 7.18. The summed E-state index contributed by atoms with van der Waals surface area (Å²) in [4.78, 5) is 27.2. The molecule has 0 unspecified atom stereocenters. The zero-order chi connectivity index (χ0) is 14.9. The second kappa shape index (κ2) is 5.41. The third-order valence-electron chi connectivity index (χ3n) is 2.86. The first-order valence-corrected chi connectivity index (χ1v) is 6.68. The van der Waals surface area contributed by atoms with Crippen LogP contribution in [0.4, 0.5) is 11.4 Å². The minimum Gasteiger partial charge on any atom is -0.481 e. The van der Waals surface area contributed by atoms with E-state index >= 15 is 0 Å². The summed E-state index contributed by atoms with van der Waals surface area (Å²) < 4.78 is 0.754. The number of aryl methyl sites for hydroxylation is 1. The van der Waals surface area contributed by atoms with E-state index in [1.165, 1.54) is 17.4 Å². The highest BCUT2D eigenvalue weighted by Crippen LogP contribution is 2.34. The van der Waals surface area contributed by atoms with Crippen molar-refractivity contribution in [2.45, 2.75) is 13.3 Å². The van der Waals surface area contributed by atoms with Gasteiger partial charge in [0.05, 0.1) is 26.6 Å². The molecule has 20 heavy (non-hydrogen) atoms. The molecule has 0 spiro atoms. The summed E-state index contributed by atoms with van der Waals surface area (Å²) in [7, 11) is 1.64. The summed E-state index contributed by atoms with van der Waals surface area (Å²) in [6.45, 7) is 2.04. The summed E-state index contributed by atoms with van der Waals surface area (Å²) in [6.07, 6.45) is -0.0816. The van der Waals surface area contributed by atoms with E-state index in [2.05, 4.69) is 4.98 Å². The molecule has 0 aliphatic carbocycles. The number of thiazole rings is 1. The van der Waals surface area contributed by atoms with Gasteiger partial charge in [0.15, 0.2) is 0 Å². The Labute approximate surface area is 118 Å². The van der Waals surface area contributed by atoms with Gasteiger partial charge in [0, 0.05) is 19.7 Å². The van der Waals surface area contributed by atoms with E-state index in [0.29, 0.717) is 11.2 Å². The largest absolute Gasteiger partial charge is 0.481 e. The van der Waals surface area contributed by atoms with Crippen LogP contribution in [0.15, 0.2) is 12.1 Å². The van der Waals surface area contributed by atoms with Gasteiger partial charge in [-0.2, -0.15) is 0 Å². The van der Waals surface area contributed by atoms with Crippen molar-refractivity contribution in [3.05, 3.63) is 27.3 Å². The number of hydrogen-bond donors (Lipinski definition) is 1. The predicted molar refractivity (Wildman–Crippen MR) is 76.5 cm³/mol. The summed E-state index contributed by atoms with van der Waals surface area (Å²) in [5.41, 5.74) is 1.04. The molecule has 2 aromatic rings. The van der Waals surface area contributed by atoms with Crippen molar-refractivity contribution in [1.29, 1.82) is 0 Å². The van der Waals surface area contributed by atoms with E-state index in [4.69, 9.17) is 5.11 Å². The van der Waals surface area contributed by atoms with Gasteiger partial charge in [0.25, 0.3) is 5.69 Å². The summed E-state index contributed by atoms with van der Waals surface area (Å²) >= 11 is 1.39. The lowest BCUT2D eigenvalue weighted by Gasteiger charge is -2.18.